The number of ether oxygens (including phenoxy) is 1. The second-order valence-corrected chi connectivity index (χ2v) is 2.64. The maximum absolute atomic E-state index is 5.05. The summed E-state index contributed by atoms with van der Waals surface area (Å²) in [5, 5.41) is 3.90. The maximum atomic E-state index is 5.05. The van der Waals surface area contributed by atoms with E-state index in [0.717, 1.165) is 17.0 Å². The molecule has 0 bridgehead atoms. The lowest BCUT2D eigenvalue weighted by atomic mass is 10.2. The molecule has 3 nitrogen and oxygen atoms in total. The van der Waals surface area contributed by atoms with E-state index in [9.17, 15) is 0 Å². The molecule has 0 amide bonds. The molecule has 0 aliphatic carbocycles. The molecule has 1 radical (unpaired) electrons. The second kappa shape index (κ2) is 3.31. The van der Waals surface area contributed by atoms with Crippen molar-refractivity contribution >= 4 is 12.0 Å². The summed E-state index contributed by atoms with van der Waals surface area (Å²) in [6.07, 6.45) is 3.28. The highest BCUT2D eigenvalue weighted by atomic mass is 16.5. The van der Waals surface area contributed by atoms with Gasteiger partial charge < -0.3 is 4.74 Å². The number of hydrogen-bond acceptors (Lipinski definition) is 2. The molecule has 1 aromatic carbocycles. The average molecular weight is 173 g/mol. The molecule has 1 aromatic rings. The summed E-state index contributed by atoms with van der Waals surface area (Å²) in [7, 11) is 1.65. The van der Waals surface area contributed by atoms with Crippen molar-refractivity contribution in [1.82, 2.24) is 5.32 Å². The molecule has 0 N–H and O–H groups in total. The van der Waals surface area contributed by atoms with Crippen molar-refractivity contribution in [2.45, 2.75) is 0 Å². The van der Waals surface area contributed by atoms with Crippen molar-refractivity contribution in [3.8, 4) is 5.75 Å². The van der Waals surface area contributed by atoms with E-state index in [4.69, 9.17) is 4.74 Å². The molecule has 0 spiro atoms. The largest absolute Gasteiger partial charge is 0.497 e. The predicted octanol–water partition coefficient (Wildman–Crippen LogP) is 1.64. The SMILES string of the molecule is COc1ccc(C2=C[N]C=N2)cc1. The molecule has 13 heavy (non-hydrogen) atoms. The first-order valence-electron chi connectivity index (χ1n) is 3.97. The van der Waals surface area contributed by atoms with Crippen LogP contribution in [0, 0.1) is 0 Å². The minimum absolute atomic E-state index is 0.850. The van der Waals surface area contributed by atoms with Gasteiger partial charge in [0.05, 0.1) is 19.0 Å². The quantitative estimate of drug-likeness (QED) is 0.669. The summed E-state index contributed by atoms with van der Waals surface area (Å²) in [4.78, 5) is 4.09. The van der Waals surface area contributed by atoms with Gasteiger partial charge in [0.15, 0.2) is 0 Å². The number of nitrogens with zero attached hydrogens (tertiary/aromatic N) is 2. The first-order chi connectivity index (χ1) is 6.40. The minimum Gasteiger partial charge on any atom is -0.497 e. The van der Waals surface area contributed by atoms with Gasteiger partial charge in [-0.15, -0.1) is 0 Å². The number of hydrogen-bond donors (Lipinski definition) is 0. The Morgan fingerprint density at radius 1 is 1.15 bits per heavy atom. The third-order valence-corrected chi connectivity index (χ3v) is 1.85. The third-order valence-electron chi connectivity index (χ3n) is 1.85. The predicted molar refractivity (Wildman–Crippen MR) is 51.6 cm³/mol. The summed E-state index contributed by atoms with van der Waals surface area (Å²) in [6, 6.07) is 7.74. The van der Waals surface area contributed by atoms with Crippen molar-refractivity contribution in [3.05, 3.63) is 36.0 Å². The van der Waals surface area contributed by atoms with Crippen LogP contribution in [0.4, 0.5) is 0 Å². The Morgan fingerprint density at radius 2 is 1.92 bits per heavy atom. The zero-order chi connectivity index (χ0) is 9.10. The van der Waals surface area contributed by atoms with Gasteiger partial charge >= 0.3 is 0 Å². The van der Waals surface area contributed by atoms with Crippen LogP contribution in [0.3, 0.4) is 0 Å². The summed E-state index contributed by atoms with van der Waals surface area (Å²) in [6.45, 7) is 0. The molecule has 1 heterocycles. The van der Waals surface area contributed by atoms with Gasteiger partial charge in [-0.3, -0.25) is 0 Å². The van der Waals surface area contributed by atoms with E-state index in [2.05, 4.69) is 10.3 Å². The van der Waals surface area contributed by atoms with Gasteiger partial charge in [0, 0.05) is 5.56 Å². The number of methoxy groups -OCH3 is 1. The Bertz CT molecular complexity index is 352. The minimum atomic E-state index is 0.850. The fourth-order valence-electron chi connectivity index (χ4n) is 1.14. The van der Waals surface area contributed by atoms with E-state index in [1.54, 1.807) is 19.6 Å². The third kappa shape index (κ3) is 1.54. The number of aliphatic imine (C=N–C) groups is 1. The van der Waals surface area contributed by atoms with Crippen molar-refractivity contribution in [2.75, 3.05) is 7.11 Å². The molecule has 3 heteroatoms. The van der Waals surface area contributed by atoms with Crippen molar-refractivity contribution in [2.24, 2.45) is 4.99 Å². The molecule has 65 valence electrons. The molecular weight excluding hydrogens is 164 g/mol. The highest BCUT2D eigenvalue weighted by Gasteiger charge is 2.03. The van der Waals surface area contributed by atoms with Gasteiger partial charge in [-0.05, 0) is 24.3 Å². The number of rotatable bonds is 2. The van der Waals surface area contributed by atoms with Gasteiger partial charge in [0.25, 0.3) is 0 Å². The Labute approximate surface area is 76.8 Å². The molecule has 0 atom stereocenters. The van der Waals surface area contributed by atoms with Gasteiger partial charge in [-0.2, -0.15) is 0 Å². The first kappa shape index (κ1) is 7.86. The summed E-state index contributed by atoms with van der Waals surface area (Å²) in [5.74, 6) is 0.850. The van der Waals surface area contributed by atoms with Crippen LogP contribution in [0.25, 0.3) is 5.70 Å². The maximum Gasteiger partial charge on any atom is 0.118 e. The molecule has 0 aromatic heterocycles. The van der Waals surface area contributed by atoms with Crippen LogP contribution in [0.2, 0.25) is 0 Å². The van der Waals surface area contributed by atoms with Gasteiger partial charge in [0.2, 0.25) is 0 Å². The smallest absolute Gasteiger partial charge is 0.118 e. The number of benzene rings is 1. The monoisotopic (exact) mass is 173 g/mol. The Hall–Kier alpha value is -1.77. The van der Waals surface area contributed by atoms with Crippen LogP contribution in [-0.2, 0) is 0 Å². The highest BCUT2D eigenvalue weighted by molar-refractivity contribution is 5.78. The van der Waals surface area contributed by atoms with E-state index in [0.29, 0.717) is 0 Å². The normalized spacial score (nSPS) is 13.8. The van der Waals surface area contributed by atoms with E-state index < -0.39 is 0 Å². The van der Waals surface area contributed by atoms with E-state index in [-0.39, 0.29) is 0 Å². The van der Waals surface area contributed by atoms with Gasteiger partial charge in [-0.25, -0.2) is 10.3 Å². The second-order valence-electron chi connectivity index (χ2n) is 2.64. The van der Waals surface area contributed by atoms with Crippen LogP contribution in [0.5, 0.6) is 5.75 Å². The molecule has 0 saturated carbocycles. The average Bonchev–Trinajstić information content (AvgIpc) is 2.71. The van der Waals surface area contributed by atoms with Crippen molar-refractivity contribution in [3.63, 3.8) is 0 Å². The standard InChI is InChI=1S/C10H9N2O/c1-13-9-4-2-8(3-5-9)10-6-11-7-12-10/h2-7H,1H3. The summed E-state index contributed by atoms with van der Waals surface area (Å²) >= 11 is 0. The van der Waals surface area contributed by atoms with E-state index >= 15 is 0 Å². The van der Waals surface area contributed by atoms with Gasteiger partial charge in [0.1, 0.15) is 12.1 Å². The van der Waals surface area contributed by atoms with Crippen LogP contribution in [-0.4, -0.2) is 13.4 Å². The molecule has 1 aliphatic rings. The van der Waals surface area contributed by atoms with E-state index in [1.807, 2.05) is 24.3 Å². The summed E-state index contributed by atoms with van der Waals surface area (Å²) in [5.41, 5.74) is 1.95. The molecule has 0 saturated heterocycles. The molecule has 0 unspecified atom stereocenters. The Balaban J connectivity index is 2.27. The molecule has 2 rings (SSSR count). The summed E-state index contributed by atoms with van der Waals surface area (Å²) < 4.78 is 5.05. The topological polar surface area (TPSA) is 35.7 Å². The fraction of sp³-hybridized carbons (Fsp3) is 0.100. The lowest BCUT2D eigenvalue weighted by Crippen LogP contribution is -1.84. The van der Waals surface area contributed by atoms with Crippen molar-refractivity contribution in [1.29, 1.82) is 0 Å². The fourth-order valence-corrected chi connectivity index (χ4v) is 1.14. The van der Waals surface area contributed by atoms with Gasteiger partial charge in [-0.1, -0.05) is 0 Å². The zero-order valence-electron chi connectivity index (χ0n) is 7.27. The Kier molecular flexibility index (Phi) is 2.00. The van der Waals surface area contributed by atoms with Crippen LogP contribution >= 0.6 is 0 Å². The van der Waals surface area contributed by atoms with Crippen molar-refractivity contribution < 1.29 is 4.74 Å². The molecule has 1 aliphatic heterocycles. The highest BCUT2D eigenvalue weighted by Crippen LogP contribution is 2.20. The lowest BCUT2D eigenvalue weighted by molar-refractivity contribution is 0.415. The Morgan fingerprint density at radius 3 is 2.46 bits per heavy atom. The zero-order valence-corrected chi connectivity index (χ0v) is 7.27. The first-order valence-corrected chi connectivity index (χ1v) is 3.97. The lowest BCUT2D eigenvalue weighted by Gasteiger charge is -2.00. The van der Waals surface area contributed by atoms with E-state index in [1.165, 1.54) is 0 Å². The molecule has 0 fully saturated rings. The van der Waals surface area contributed by atoms with Crippen LogP contribution < -0.4 is 10.1 Å². The van der Waals surface area contributed by atoms with Crippen LogP contribution in [0.15, 0.2) is 35.5 Å². The molecular formula is C10H9N2O. The van der Waals surface area contributed by atoms with Crippen LogP contribution in [0.1, 0.15) is 5.56 Å².